The Morgan fingerprint density at radius 1 is 1.40 bits per heavy atom. The fraction of sp³-hybridized carbons (Fsp3) is 0.0769. The van der Waals surface area contributed by atoms with Crippen LogP contribution >= 0.6 is 11.6 Å². The molecule has 7 heteroatoms. The number of nitrogens with two attached hydrogens (primary N) is 1. The molecule has 0 fully saturated rings. The van der Waals surface area contributed by atoms with Gasteiger partial charge in [-0.3, -0.25) is 0 Å². The highest BCUT2D eigenvalue weighted by Crippen LogP contribution is 2.31. The summed E-state index contributed by atoms with van der Waals surface area (Å²) in [6, 6.07) is 5.64. The number of carbonyl (C=O) groups is 1. The number of benzene rings is 1. The molecule has 0 aliphatic heterocycles. The van der Waals surface area contributed by atoms with E-state index in [4.69, 9.17) is 22.1 Å². The molecule has 2 N–H and O–H groups in total. The molecule has 1 heterocycles. The van der Waals surface area contributed by atoms with Crippen LogP contribution < -0.4 is 10.5 Å². The van der Waals surface area contributed by atoms with E-state index in [1.54, 1.807) is 0 Å². The van der Waals surface area contributed by atoms with Crippen LogP contribution in [0.5, 0.6) is 11.6 Å². The Labute approximate surface area is 119 Å². The Morgan fingerprint density at radius 3 is 2.85 bits per heavy atom. The highest BCUT2D eigenvalue weighted by atomic mass is 35.5. The van der Waals surface area contributed by atoms with Crippen molar-refractivity contribution in [2.75, 3.05) is 12.8 Å². The summed E-state index contributed by atoms with van der Waals surface area (Å²) in [7, 11) is 1.22. The van der Waals surface area contributed by atoms with Crippen molar-refractivity contribution in [2.45, 2.75) is 0 Å². The highest BCUT2D eigenvalue weighted by Gasteiger charge is 2.17. The molecule has 1 aromatic carbocycles. The maximum atomic E-state index is 13.7. The molecular formula is C13H10ClFN2O3. The number of esters is 1. The second-order valence-corrected chi connectivity index (χ2v) is 4.13. The third-order valence-electron chi connectivity index (χ3n) is 2.48. The first kappa shape index (κ1) is 14.1. The van der Waals surface area contributed by atoms with E-state index in [0.29, 0.717) is 0 Å². The number of halogens is 2. The van der Waals surface area contributed by atoms with E-state index >= 15 is 0 Å². The molecule has 2 aromatic rings. The minimum Gasteiger partial charge on any atom is -0.465 e. The Morgan fingerprint density at radius 2 is 2.15 bits per heavy atom. The van der Waals surface area contributed by atoms with Gasteiger partial charge in [-0.2, -0.15) is 0 Å². The van der Waals surface area contributed by atoms with Crippen LogP contribution in [0, 0.1) is 5.82 Å². The van der Waals surface area contributed by atoms with Crippen molar-refractivity contribution in [3.8, 4) is 11.6 Å². The molecule has 104 valence electrons. The highest BCUT2D eigenvalue weighted by molar-refractivity contribution is 6.30. The molecule has 0 atom stereocenters. The van der Waals surface area contributed by atoms with Gasteiger partial charge in [-0.1, -0.05) is 17.7 Å². The lowest BCUT2D eigenvalue weighted by atomic mass is 10.2. The molecule has 0 aliphatic carbocycles. The molecule has 0 bridgehead atoms. The predicted molar refractivity (Wildman–Crippen MR) is 71.5 cm³/mol. The van der Waals surface area contributed by atoms with Crippen LogP contribution in [0.2, 0.25) is 5.02 Å². The number of methoxy groups -OCH3 is 1. The van der Waals surface area contributed by atoms with Gasteiger partial charge in [0.15, 0.2) is 11.6 Å². The molecule has 0 spiro atoms. The molecule has 0 saturated heterocycles. The first-order valence-electron chi connectivity index (χ1n) is 5.49. The Bertz CT molecular complexity index is 664. The van der Waals surface area contributed by atoms with Crippen molar-refractivity contribution in [1.82, 2.24) is 4.98 Å². The minimum atomic E-state index is -0.737. The van der Waals surface area contributed by atoms with Gasteiger partial charge in [0.2, 0.25) is 5.88 Å². The summed E-state index contributed by atoms with van der Waals surface area (Å²) in [6.07, 6.45) is 1.31. The lowest BCUT2D eigenvalue weighted by Crippen LogP contribution is -2.07. The van der Waals surface area contributed by atoms with Crippen molar-refractivity contribution in [1.29, 1.82) is 0 Å². The maximum Gasteiger partial charge on any atom is 0.340 e. The van der Waals surface area contributed by atoms with Gasteiger partial charge in [-0.05, 0) is 18.2 Å². The van der Waals surface area contributed by atoms with E-state index in [1.165, 1.54) is 37.6 Å². The largest absolute Gasteiger partial charge is 0.465 e. The van der Waals surface area contributed by atoms with Crippen LogP contribution in [-0.4, -0.2) is 18.1 Å². The third-order valence-corrected chi connectivity index (χ3v) is 2.77. The Hall–Kier alpha value is -2.34. The van der Waals surface area contributed by atoms with Crippen LogP contribution in [0.25, 0.3) is 0 Å². The molecular weight excluding hydrogens is 287 g/mol. The van der Waals surface area contributed by atoms with Gasteiger partial charge in [0.05, 0.1) is 17.7 Å². The van der Waals surface area contributed by atoms with Gasteiger partial charge in [0.25, 0.3) is 0 Å². The van der Waals surface area contributed by atoms with Crippen LogP contribution in [0.3, 0.4) is 0 Å². The summed E-state index contributed by atoms with van der Waals surface area (Å²) in [5.74, 6) is -1.62. The van der Waals surface area contributed by atoms with Crippen LogP contribution in [-0.2, 0) is 4.74 Å². The van der Waals surface area contributed by atoms with E-state index in [1.807, 2.05) is 0 Å². The summed E-state index contributed by atoms with van der Waals surface area (Å²) in [4.78, 5) is 15.3. The number of carbonyl (C=O) groups excluding carboxylic acids is 1. The SMILES string of the molecule is COC(=O)c1ccnc(Oc2cccc(Cl)c2F)c1N. The number of rotatable bonds is 3. The normalized spacial score (nSPS) is 10.2. The fourth-order valence-electron chi connectivity index (χ4n) is 1.49. The van der Waals surface area contributed by atoms with Crippen LogP contribution in [0.4, 0.5) is 10.1 Å². The summed E-state index contributed by atoms with van der Waals surface area (Å²) in [5.41, 5.74) is 5.79. The summed E-state index contributed by atoms with van der Waals surface area (Å²) >= 11 is 5.64. The first-order valence-corrected chi connectivity index (χ1v) is 5.87. The molecule has 5 nitrogen and oxygen atoms in total. The molecule has 1 aromatic heterocycles. The van der Waals surface area contributed by atoms with Crippen molar-refractivity contribution in [3.63, 3.8) is 0 Å². The topological polar surface area (TPSA) is 74.4 Å². The number of aromatic nitrogens is 1. The lowest BCUT2D eigenvalue weighted by Gasteiger charge is -2.10. The number of anilines is 1. The molecule has 20 heavy (non-hydrogen) atoms. The quantitative estimate of drug-likeness (QED) is 0.881. The lowest BCUT2D eigenvalue weighted by molar-refractivity contribution is 0.0601. The van der Waals surface area contributed by atoms with Gasteiger partial charge in [-0.25, -0.2) is 14.2 Å². The van der Waals surface area contributed by atoms with Crippen molar-refractivity contribution in [2.24, 2.45) is 0 Å². The third kappa shape index (κ3) is 2.65. The average Bonchev–Trinajstić information content (AvgIpc) is 2.45. The fourth-order valence-corrected chi connectivity index (χ4v) is 1.66. The summed E-state index contributed by atoms with van der Waals surface area (Å²) in [5, 5.41) is -0.0924. The van der Waals surface area contributed by atoms with Crippen molar-refractivity contribution in [3.05, 3.63) is 46.9 Å². The number of hydrogen-bond donors (Lipinski definition) is 1. The van der Waals surface area contributed by atoms with Gasteiger partial charge < -0.3 is 15.2 Å². The second-order valence-electron chi connectivity index (χ2n) is 3.72. The molecule has 0 aliphatic rings. The van der Waals surface area contributed by atoms with Gasteiger partial charge in [-0.15, -0.1) is 0 Å². The maximum absolute atomic E-state index is 13.7. The monoisotopic (exact) mass is 296 g/mol. The second kappa shape index (κ2) is 5.75. The van der Waals surface area contributed by atoms with E-state index in [2.05, 4.69) is 9.72 Å². The summed E-state index contributed by atoms with van der Waals surface area (Å²) in [6.45, 7) is 0. The first-order chi connectivity index (χ1) is 9.54. The van der Waals surface area contributed by atoms with Crippen LogP contribution in [0.15, 0.2) is 30.5 Å². The zero-order valence-electron chi connectivity index (χ0n) is 10.4. The predicted octanol–water partition coefficient (Wildman–Crippen LogP) is 3.04. The number of nitrogen functional groups attached to an aromatic ring is 1. The number of ether oxygens (including phenoxy) is 2. The molecule has 0 amide bonds. The van der Waals surface area contributed by atoms with E-state index in [0.717, 1.165) is 0 Å². The average molecular weight is 297 g/mol. The van der Waals surface area contributed by atoms with E-state index in [9.17, 15) is 9.18 Å². The van der Waals surface area contributed by atoms with Crippen LogP contribution in [0.1, 0.15) is 10.4 Å². The van der Waals surface area contributed by atoms with Crippen molar-refractivity contribution >= 4 is 23.3 Å². The zero-order valence-corrected chi connectivity index (χ0v) is 11.1. The number of nitrogens with zero attached hydrogens (tertiary/aromatic N) is 1. The molecule has 0 unspecified atom stereocenters. The van der Waals surface area contributed by atoms with Crippen molar-refractivity contribution < 1.29 is 18.7 Å². The zero-order chi connectivity index (χ0) is 14.7. The minimum absolute atomic E-state index is 0.0428. The molecule has 0 radical (unpaired) electrons. The van der Waals surface area contributed by atoms with E-state index in [-0.39, 0.29) is 27.9 Å². The standard InChI is InChI=1S/C13H10ClFN2O3/c1-19-13(18)7-5-6-17-12(11(7)16)20-9-4-2-3-8(14)10(9)15/h2-6H,16H2,1H3. The smallest absolute Gasteiger partial charge is 0.340 e. The van der Waals surface area contributed by atoms with Gasteiger partial charge in [0.1, 0.15) is 5.69 Å². The number of hydrogen-bond acceptors (Lipinski definition) is 5. The van der Waals surface area contributed by atoms with Gasteiger partial charge >= 0.3 is 5.97 Å². The Kier molecular flexibility index (Phi) is 4.05. The number of pyridine rings is 1. The summed E-state index contributed by atoms with van der Waals surface area (Å²) < 4.78 is 23.5. The molecule has 2 rings (SSSR count). The Balaban J connectivity index is 2.39. The van der Waals surface area contributed by atoms with Gasteiger partial charge in [0, 0.05) is 6.20 Å². The van der Waals surface area contributed by atoms with E-state index < -0.39 is 11.8 Å². The molecule has 0 saturated carbocycles.